The van der Waals surface area contributed by atoms with Gasteiger partial charge < -0.3 is 30.7 Å². The lowest BCUT2D eigenvalue weighted by atomic mass is 9.55. The van der Waals surface area contributed by atoms with Gasteiger partial charge in [-0.3, -0.25) is 0 Å². The van der Waals surface area contributed by atoms with Gasteiger partial charge in [0.05, 0.1) is 11.7 Å². The Labute approximate surface area is 221 Å². The zero-order valence-corrected chi connectivity index (χ0v) is 22.1. The molecule has 8 heteroatoms. The number of ether oxygens (including phenoxy) is 1. The Bertz CT molecular complexity index is 1410. The number of hydrogen-bond acceptors (Lipinski definition) is 7. The maximum absolute atomic E-state index is 17.0. The number of nitrogen functional groups attached to an aromatic ring is 1. The van der Waals surface area contributed by atoms with Gasteiger partial charge >= 0.3 is 0 Å². The molecule has 7 rings (SSSR count). The zero-order chi connectivity index (χ0) is 26.8. The summed E-state index contributed by atoms with van der Waals surface area (Å²) in [5, 5.41) is 35.7. The third-order valence-corrected chi connectivity index (χ3v) is 10.8. The molecule has 5 aliphatic rings. The number of nitrogens with zero attached hydrogens (tertiary/aromatic N) is 2. The van der Waals surface area contributed by atoms with Gasteiger partial charge in [-0.2, -0.15) is 0 Å². The Balaban J connectivity index is 1.31. The van der Waals surface area contributed by atoms with Gasteiger partial charge in [-0.25, -0.2) is 9.37 Å². The number of hydrogen-bond donors (Lipinski definition) is 4. The Morgan fingerprint density at radius 3 is 2.66 bits per heavy atom. The van der Waals surface area contributed by atoms with Crippen molar-refractivity contribution in [2.45, 2.75) is 80.3 Å². The van der Waals surface area contributed by atoms with E-state index in [0.717, 1.165) is 22.8 Å². The second-order valence-corrected chi connectivity index (χ2v) is 12.7. The van der Waals surface area contributed by atoms with Crippen LogP contribution in [0.2, 0.25) is 0 Å². The summed E-state index contributed by atoms with van der Waals surface area (Å²) in [5.41, 5.74) is 3.84. The van der Waals surface area contributed by atoms with Crippen molar-refractivity contribution in [3.63, 3.8) is 0 Å². The first-order valence-electron chi connectivity index (χ1n) is 13.6. The predicted octanol–water partition coefficient (Wildman–Crippen LogP) is 2.98. The van der Waals surface area contributed by atoms with Gasteiger partial charge in [-0.1, -0.05) is 31.2 Å². The molecule has 1 saturated carbocycles. The number of nitrogens with two attached hydrogens (primary N) is 1. The summed E-state index contributed by atoms with van der Waals surface area (Å²) in [7, 11) is 3.63. The van der Waals surface area contributed by atoms with Crippen molar-refractivity contribution < 1.29 is 24.4 Å². The summed E-state index contributed by atoms with van der Waals surface area (Å²) in [6, 6.07) is 7.74. The summed E-state index contributed by atoms with van der Waals surface area (Å²) in [4.78, 5) is 6.08. The van der Waals surface area contributed by atoms with Crippen molar-refractivity contribution >= 4 is 22.2 Å². The lowest BCUT2D eigenvalue weighted by Gasteiger charge is -2.62. The van der Waals surface area contributed by atoms with Gasteiger partial charge in [0.15, 0.2) is 5.67 Å². The van der Waals surface area contributed by atoms with Crippen LogP contribution < -0.4 is 5.73 Å². The van der Waals surface area contributed by atoms with Gasteiger partial charge in [0.25, 0.3) is 0 Å². The van der Waals surface area contributed by atoms with E-state index in [4.69, 9.17) is 10.5 Å². The molecule has 3 heterocycles. The quantitative estimate of drug-likeness (QED) is 0.450. The molecule has 202 valence electrons. The van der Waals surface area contributed by atoms with Crippen LogP contribution in [0.1, 0.15) is 44.6 Å². The minimum Gasteiger partial charge on any atom is -0.389 e. The highest BCUT2D eigenvalue weighted by Crippen LogP contribution is 2.70. The SMILES string of the molecule is CN(C)[C@H]1C[C@@]23CC[C@@]4(O2)C(=CC[C@]2(C)C(c5ccc6cc(N)ncc6c5)=CCC24)C(O)C3(F)[C@@H](O)[C@@H]1O. The Hall–Kier alpha value is -2.36. The largest absolute Gasteiger partial charge is 0.389 e. The van der Waals surface area contributed by atoms with Gasteiger partial charge in [-0.15, -0.1) is 0 Å². The van der Waals surface area contributed by atoms with E-state index in [9.17, 15) is 15.3 Å². The number of allylic oxidation sites excluding steroid dienone is 3. The highest BCUT2D eigenvalue weighted by molar-refractivity contribution is 5.88. The molecule has 1 aromatic carbocycles. The maximum Gasteiger partial charge on any atom is 0.197 e. The van der Waals surface area contributed by atoms with Crippen molar-refractivity contribution in [2.24, 2.45) is 11.3 Å². The maximum atomic E-state index is 17.0. The third-order valence-electron chi connectivity index (χ3n) is 10.8. The molecule has 0 amide bonds. The number of alkyl halides is 1. The van der Waals surface area contributed by atoms with E-state index in [1.807, 2.05) is 31.1 Å². The molecule has 3 fully saturated rings. The molecule has 3 unspecified atom stereocenters. The van der Waals surface area contributed by atoms with Crippen LogP contribution in [0.25, 0.3) is 16.3 Å². The van der Waals surface area contributed by atoms with E-state index in [0.29, 0.717) is 30.7 Å². The first kappa shape index (κ1) is 24.7. The standard InChI is InChI=1S/C30H36FN3O4/c1-27-9-8-20-25(36)30(31)26(37)24(35)21(34(2)3)14-28(30)10-11-29(20,38-28)22(27)7-6-19(27)17-5-4-16-13-23(32)33-15-18(16)12-17/h4-6,8,12-13,15,21-22,24-26,35-37H,7,9-11,14H2,1-3H3,(H2,32,33)/t21-,22?,24+,25?,26-,27+,28+,29+,30?/m0/s1. The van der Waals surface area contributed by atoms with E-state index < -0.39 is 41.2 Å². The van der Waals surface area contributed by atoms with Crippen molar-refractivity contribution in [2.75, 3.05) is 19.8 Å². The van der Waals surface area contributed by atoms with E-state index >= 15 is 4.39 Å². The number of benzene rings is 1. The molecule has 7 nitrogen and oxygen atoms in total. The fraction of sp³-hybridized carbons (Fsp3) is 0.567. The first-order valence-corrected chi connectivity index (χ1v) is 13.6. The van der Waals surface area contributed by atoms with Crippen molar-refractivity contribution in [1.82, 2.24) is 9.88 Å². The molecule has 0 radical (unpaired) electrons. The van der Waals surface area contributed by atoms with E-state index in [1.165, 1.54) is 5.57 Å². The molecule has 9 atom stereocenters. The summed E-state index contributed by atoms with van der Waals surface area (Å²) in [5.74, 6) is 0.510. The molecular weight excluding hydrogens is 485 g/mol. The molecule has 3 aliphatic carbocycles. The van der Waals surface area contributed by atoms with E-state index in [2.05, 4.69) is 36.2 Å². The number of rotatable bonds is 2. The Morgan fingerprint density at radius 1 is 1.11 bits per heavy atom. The molecule has 1 aromatic heterocycles. The molecular formula is C30H36FN3O4. The number of pyridine rings is 1. The topological polar surface area (TPSA) is 112 Å². The smallest absolute Gasteiger partial charge is 0.197 e. The molecule has 2 spiro atoms. The lowest BCUT2D eigenvalue weighted by Crippen LogP contribution is -2.78. The van der Waals surface area contributed by atoms with Crippen LogP contribution in [0.3, 0.4) is 0 Å². The van der Waals surface area contributed by atoms with Gasteiger partial charge in [-0.05, 0) is 80.4 Å². The number of halogens is 1. The fourth-order valence-corrected chi connectivity index (χ4v) is 8.86. The van der Waals surface area contributed by atoms with Crippen LogP contribution in [-0.2, 0) is 4.74 Å². The van der Waals surface area contributed by atoms with Gasteiger partial charge in [0, 0.05) is 29.0 Å². The second-order valence-electron chi connectivity index (χ2n) is 12.7. The molecule has 2 saturated heterocycles. The molecule has 2 bridgehead atoms. The normalized spacial score (nSPS) is 45.4. The molecule has 2 aromatic rings. The Morgan fingerprint density at radius 2 is 1.89 bits per heavy atom. The van der Waals surface area contributed by atoms with Crippen LogP contribution in [0, 0.1) is 11.3 Å². The zero-order valence-electron chi connectivity index (χ0n) is 22.1. The predicted molar refractivity (Wildman–Crippen MR) is 143 cm³/mol. The fourth-order valence-electron chi connectivity index (χ4n) is 8.86. The third kappa shape index (κ3) is 2.78. The molecule has 2 aliphatic heterocycles. The minimum absolute atomic E-state index is 0.0191. The number of fused-ring (bicyclic) bond motifs is 2. The average molecular weight is 522 g/mol. The monoisotopic (exact) mass is 521 g/mol. The highest BCUT2D eigenvalue weighted by Gasteiger charge is 2.79. The van der Waals surface area contributed by atoms with Crippen LogP contribution >= 0.6 is 0 Å². The Kier molecular flexibility index (Phi) is 4.96. The van der Waals surface area contributed by atoms with Crippen molar-refractivity contribution in [1.29, 1.82) is 0 Å². The van der Waals surface area contributed by atoms with Crippen molar-refractivity contribution in [3.8, 4) is 0 Å². The van der Waals surface area contributed by atoms with Crippen LogP contribution in [-0.4, -0.2) is 80.5 Å². The second kappa shape index (κ2) is 7.64. The van der Waals surface area contributed by atoms with Gasteiger partial charge in [0.1, 0.15) is 23.6 Å². The summed E-state index contributed by atoms with van der Waals surface area (Å²) < 4.78 is 24.0. The number of anilines is 1. The highest BCUT2D eigenvalue weighted by atomic mass is 19.1. The van der Waals surface area contributed by atoms with Crippen LogP contribution in [0.15, 0.2) is 48.2 Å². The summed E-state index contributed by atoms with van der Waals surface area (Å²) in [6.45, 7) is 2.25. The first-order chi connectivity index (χ1) is 18.0. The average Bonchev–Trinajstić information content (AvgIpc) is 3.42. The van der Waals surface area contributed by atoms with Crippen LogP contribution in [0.5, 0.6) is 0 Å². The molecule has 5 N–H and O–H groups in total. The number of aliphatic hydroxyl groups is 3. The lowest BCUT2D eigenvalue weighted by molar-refractivity contribution is -0.308. The van der Waals surface area contributed by atoms with Gasteiger partial charge in [0.2, 0.25) is 0 Å². The van der Waals surface area contributed by atoms with Crippen molar-refractivity contribution in [3.05, 3.63) is 53.8 Å². The van der Waals surface area contributed by atoms with E-state index in [-0.39, 0.29) is 17.8 Å². The minimum atomic E-state index is -2.47. The molecule has 38 heavy (non-hydrogen) atoms. The van der Waals surface area contributed by atoms with E-state index in [1.54, 1.807) is 6.20 Å². The summed E-state index contributed by atoms with van der Waals surface area (Å²) in [6.07, 6.45) is 3.99. The summed E-state index contributed by atoms with van der Waals surface area (Å²) >= 11 is 0. The number of likely N-dealkylation sites (N-methyl/N-ethyl adjacent to an activating group) is 1. The number of aliphatic hydroxyl groups excluding tert-OH is 3. The number of aromatic nitrogens is 1. The van der Waals surface area contributed by atoms with Crippen LogP contribution in [0.4, 0.5) is 10.2 Å².